The van der Waals surface area contributed by atoms with Gasteiger partial charge in [0, 0.05) is 36.5 Å². The largest absolute Gasteiger partial charge is 0.506 e. The number of aromatic amines is 1. The lowest BCUT2D eigenvalue weighted by atomic mass is 10.1. The van der Waals surface area contributed by atoms with Crippen molar-refractivity contribution in [2.75, 3.05) is 33.2 Å². The Morgan fingerprint density at radius 1 is 1.22 bits per heavy atom. The maximum atomic E-state index is 12.9. The predicted octanol–water partition coefficient (Wildman–Crippen LogP) is 4.73. The van der Waals surface area contributed by atoms with Crippen molar-refractivity contribution in [1.29, 1.82) is 0 Å². The molecule has 2 heterocycles. The Morgan fingerprint density at radius 2 is 1.94 bits per heavy atom. The van der Waals surface area contributed by atoms with Crippen LogP contribution in [0.5, 0.6) is 0 Å². The average molecular weight is 530 g/mol. The molecule has 8 nitrogen and oxygen atoms in total. The lowest BCUT2D eigenvalue weighted by Crippen LogP contribution is -2.35. The minimum atomic E-state index is -0.447. The Kier molecular flexibility index (Phi) is 9.42. The monoisotopic (exact) mass is 529 g/mol. The Hall–Kier alpha value is -3.01. The molecule has 0 spiro atoms. The van der Waals surface area contributed by atoms with E-state index >= 15 is 0 Å². The minimum Gasteiger partial charge on any atom is -0.506 e. The molecule has 4 N–H and O–H groups in total. The highest BCUT2D eigenvalue weighted by Crippen LogP contribution is 2.40. The number of hydrogen-bond donors (Lipinski definition) is 4. The highest BCUT2D eigenvalue weighted by atomic mass is 35.5. The van der Waals surface area contributed by atoms with Gasteiger partial charge in [-0.05, 0) is 56.8 Å². The molecule has 0 saturated carbocycles. The van der Waals surface area contributed by atoms with Crippen LogP contribution in [0.2, 0.25) is 5.02 Å². The van der Waals surface area contributed by atoms with Gasteiger partial charge in [-0.3, -0.25) is 9.59 Å². The molecule has 1 aromatic heterocycles. The third-order valence-corrected chi connectivity index (χ3v) is 7.23. The summed E-state index contributed by atoms with van der Waals surface area (Å²) in [6.07, 6.45) is 1.73. The summed E-state index contributed by atoms with van der Waals surface area (Å²) in [4.78, 5) is 35.9. The number of H-pyrrole nitrogens is 1. The Balaban J connectivity index is 1.90. The first-order valence-corrected chi connectivity index (χ1v) is 13.0. The second-order valence-electron chi connectivity index (χ2n) is 8.26. The van der Waals surface area contributed by atoms with E-state index in [1.807, 2.05) is 13.8 Å². The van der Waals surface area contributed by atoms with Crippen molar-refractivity contribution in [3.05, 3.63) is 68.0 Å². The second-order valence-corrected chi connectivity index (χ2v) is 9.72. The van der Waals surface area contributed by atoms with E-state index in [1.54, 1.807) is 30.3 Å². The van der Waals surface area contributed by atoms with Crippen molar-refractivity contribution >= 4 is 52.0 Å². The smallest absolute Gasteiger partial charge is 0.257 e. The molecule has 192 valence electrons. The Morgan fingerprint density at radius 3 is 2.58 bits per heavy atom. The summed E-state index contributed by atoms with van der Waals surface area (Å²) in [5.74, 6) is -0.764. The summed E-state index contributed by atoms with van der Waals surface area (Å²) >= 11 is 7.25. The van der Waals surface area contributed by atoms with Crippen molar-refractivity contribution in [3.63, 3.8) is 0 Å². The number of hydrogen-bond acceptors (Lipinski definition) is 6. The number of thioether (sulfide) groups is 1. The summed E-state index contributed by atoms with van der Waals surface area (Å²) < 4.78 is 0. The van der Waals surface area contributed by atoms with Gasteiger partial charge in [0.2, 0.25) is 0 Å². The van der Waals surface area contributed by atoms with E-state index in [-0.39, 0.29) is 17.2 Å². The zero-order valence-corrected chi connectivity index (χ0v) is 22.7. The first-order chi connectivity index (χ1) is 17.2. The van der Waals surface area contributed by atoms with Gasteiger partial charge in [-0.25, -0.2) is 4.99 Å². The van der Waals surface area contributed by atoms with Crippen LogP contribution in [0, 0.1) is 13.8 Å². The normalized spacial score (nSPS) is 15.9. The molecule has 1 aliphatic heterocycles. The van der Waals surface area contributed by atoms with Crippen molar-refractivity contribution in [2.45, 2.75) is 27.7 Å². The van der Waals surface area contributed by atoms with Crippen LogP contribution >= 0.6 is 23.4 Å². The van der Waals surface area contributed by atoms with Gasteiger partial charge in [0.05, 0.1) is 16.2 Å². The van der Waals surface area contributed by atoms with Gasteiger partial charge in [-0.2, -0.15) is 0 Å². The van der Waals surface area contributed by atoms with Crippen LogP contribution in [0.25, 0.3) is 6.08 Å². The molecular weight excluding hydrogens is 498 g/mol. The number of aromatic nitrogens is 1. The van der Waals surface area contributed by atoms with Gasteiger partial charge in [0.25, 0.3) is 11.8 Å². The number of amides is 2. The van der Waals surface area contributed by atoms with Crippen molar-refractivity contribution in [1.82, 2.24) is 20.5 Å². The van der Waals surface area contributed by atoms with E-state index in [4.69, 9.17) is 11.6 Å². The van der Waals surface area contributed by atoms with Crippen LogP contribution in [0.3, 0.4) is 0 Å². The summed E-state index contributed by atoms with van der Waals surface area (Å²) in [6, 6.07) is 6.95. The maximum absolute atomic E-state index is 12.9. The molecule has 0 radical (unpaired) electrons. The van der Waals surface area contributed by atoms with Gasteiger partial charge in [-0.15, -0.1) is 0 Å². The van der Waals surface area contributed by atoms with E-state index in [2.05, 4.69) is 39.4 Å². The number of benzene rings is 1. The molecule has 3 rings (SSSR count). The zero-order chi connectivity index (χ0) is 26.4. The van der Waals surface area contributed by atoms with Crippen LogP contribution in [0.15, 0.2) is 45.5 Å². The second kappa shape index (κ2) is 12.3. The lowest BCUT2D eigenvalue weighted by molar-refractivity contribution is -0.116. The molecular formula is C26H32ClN5O3S. The number of aliphatic hydroxyl groups is 1. The number of carbonyl (C=O) groups excluding carboxylic acids is 2. The van der Waals surface area contributed by atoms with Gasteiger partial charge in [0.1, 0.15) is 16.4 Å². The number of nitrogens with one attached hydrogen (secondary N) is 3. The Labute approximate surface area is 220 Å². The van der Waals surface area contributed by atoms with Crippen LogP contribution in [-0.4, -0.2) is 65.1 Å². The van der Waals surface area contributed by atoms with Crippen molar-refractivity contribution in [2.24, 2.45) is 4.99 Å². The fraction of sp³-hybridized carbons (Fsp3) is 0.346. The predicted molar refractivity (Wildman–Crippen MR) is 148 cm³/mol. The van der Waals surface area contributed by atoms with E-state index in [1.165, 1.54) is 18.8 Å². The Bertz CT molecular complexity index is 1240. The molecule has 36 heavy (non-hydrogen) atoms. The molecule has 1 aliphatic rings. The van der Waals surface area contributed by atoms with Gasteiger partial charge in [0.15, 0.2) is 0 Å². The van der Waals surface area contributed by atoms with E-state index in [0.29, 0.717) is 38.5 Å². The maximum Gasteiger partial charge on any atom is 0.257 e. The standard InChI is InChI=1S/C26H32ClN5O3S/c1-6-32(7-2)12-11-29-25(35)21-15(3)19(30-16(21)4)14-20-23(33)22(24(34)28-5)26(36-20)31-18-10-8-9-17(27)13-18/h8-10,13-14,30,33H,6-7,11-12H2,1-5H3,(H,28,34)(H,29,35)/b20-14+,31-26?. The van der Waals surface area contributed by atoms with E-state index in [9.17, 15) is 14.7 Å². The van der Waals surface area contributed by atoms with E-state index < -0.39 is 5.91 Å². The number of carbonyl (C=O) groups is 2. The first kappa shape index (κ1) is 27.6. The highest BCUT2D eigenvalue weighted by molar-refractivity contribution is 8.18. The molecule has 0 atom stereocenters. The molecule has 1 aromatic carbocycles. The summed E-state index contributed by atoms with van der Waals surface area (Å²) in [5, 5.41) is 17.4. The van der Waals surface area contributed by atoms with E-state index in [0.717, 1.165) is 30.9 Å². The number of aliphatic hydroxyl groups excluding tert-OH is 1. The molecule has 0 saturated heterocycles. The summed E-state index contributed by atoms with van der Waals surface area (Å²) in [6.45, 7) is 11.1. The molecule has 0 fully saturated rings. The van der Waals surface area contributed by atoms with Gasteiger partial charge >= 0.3 is 0 Å². The number of likely N-dealkylation sites (N-methyl/N-ethyl adjacent to an activating group) is 2. The van der Waals surface area contributed by atoms with Crippen LogP contribution in [0.4, 0.5) is 5.69 Å². The molecule has 0 bridgehead atoms. The SMILES string of the molecule is CCN(CC)CCNC(=O)c1c(C)[nH]c(/C=C2/SC(=Nc3cccc(Cl)c3)C(C(=O)NC)=C2O)c1C. The molecule has 0 unspecified atom stereocenters. The molecule has 0 aliphatic carbocycles. The number of nitrogens with zero attached hydrogens (tertiary/aromatic N) is 2. The third-order valence-electron chi connectivity index (χ3n) is 5.97. The molecule has 10 heteroatoms. The van der Waals surface area contributed by atoms with Crippen LogP contribution in [0.1, 0.15) is 41.2 Å². The first-order valence-electron chi connectivity index (χ1n) is 11.8. The summed E-state index contributed by atoms with van der Waals surface area (Å²) in [7, 11) is 1.50. The van der Waals surface area contributed by atoms with Crippen molar-refractivity contribution < 1.29 is 14.7 Å². The fourth-order valence-electron chi connectivity index (χ4n) is 3.94. The third kappa shape index (κ3) is 6.21. The van der Waals surface area contributed by atoms with Gasteiger partial charge in [-0.1, -0.05) is 43.3 Å². The number of aryl methyl sites for hydroxylation is 1. The van der Waals surface area contributed by atoms with Crippen LogP contribution < -0.4 is 10.6 Å². The number of halogens is 1. The fourth-order valence-corrected chi connectivity index (χ4v) is 5.15. The topological polar surface area (TPSA) is 110 Å². The zero-order valence-electron chi connectivity index (χ0n) is 21.2. The highest BCUT2D eigenvalue weighted by Gasteiger charge is 2.32. The number of rotatable bonds is 9. The molecule has 2 amide bonds. The summed E-state index contributed by atoms with van der Waals surface area (Å²) in [5.41, 5.74) is 3.39. The average Bonchev–Trinajstić information content (AvgIpc) is 3.30. The minimum absolute atomic E-state index is 0.0871. The van der Waals surface area contributed by atoms with Crippen molar-refractivity contribution in [3.8, 4) is 0 Å². The number of aliphatic imine (C=N–C) groups is 1. The molecule has 2 aromatic rings. The lowest BCUT2D eigenvalue weighted by Gasteiger charge is -2.18. The quantitative estimate of drug-likeness (QED) is 0.375. The van der Waals surface area contributed by atoms with Gasteiger partial charge < -0.3 is 25.6 Å². The van der Waals surface area contributed by atoms with Crippen LogP contribution in [-0.2, 0) is 4.79 Å².